The van der Waals surface area contributed by atoms with Crippen molar-refractivity contribution in [1.82, 2.24) is 0 Å². The van der Waals surface area contributed by atoms with Crippen LogP contribution in [0.4, 0.5) is 0 Å². The van der Waals surface area contributed by atoms with E-state index >= 15 is 0 Å². The van der Waals surface area contributed by atoms with Crippen LogP contribution in [0.5, 0.6) is 11.5 Å². The Morgan fingerprint density at radius 2 is 1.09 bits per heavy atom. The SMILES string of the molecule is CCCC(C)(C)OCCOc1ccc(C2(c3ccc(OCCOC(=O)C(C)(C)C)cc3)c3ccccc3-c3ccccc32)cc1. The van der Waals surface area contributed by atoms with Gasteiger partial charge in [0.25, 0.3) is 0 Å². The van der Waals surface area contributed by atoms with E-state index in [4.69, 9.17) is 18.9 Å². The maximum Gasteiger partial charge on any atom is 0.311 e. The van der Waals surface area contributed by atoms with Gasteiger partial charge in [0.05, 0.1) is 23.0 Å². The number of ether oxygens (including phenoxy) is 4. The highest BCUT2D eigenvalue weighted by atomic mass is 16.6. The van der Waals surface area contributed by atoms with Crippen LogP contribution in [0.25, 0.3) is 11.1 Å². The topological polar surface area (TPSA) is 54.0 Å². The first-order valence-corrected chi connectivity index (χ1v) is 16.0. The van der Waals surface area contributed by atoms with Gasteiger partial charge < -0.3 is 18.9 Å². The molecule has 45 heavy (non-hydrogen) atoms. The highest BCUT2D eigenvalue weighted by molar-refractivity contribution is 5.86. The standard InChI is InChI=1S/C40H46O5/c1-7-24-39(5,6)45-28-27-43-32-22-18-30(19-23-32)40(35-14-10-8-12-33(35)34-13-9-11-15-36(34)40)29-16-20-31(21-17-29)42-25-26-44-37(41)38(2,3)4/h8-23H,7,24-28H2,1-6H3. The van der Waals surface area contributed by atoms with Gasteiger partial charge >= 0.3 is 5.97 Å². The fourth-order valence-electron chi connectivity index (χ4n) is 6.29. The predicted molar refractivity (Wildman–Crippen MR) is 180 cm³/mol. The largest absolute Gasteiger partial charge is 0.491 e. The number of hydrogen-bond acceptors (Lipinski definition) is 5. The smallest absolute Gasteiger partial charge is 0.311 e. The van der Waals surface area contributed by atoms with Crippen LogP contribution in [0, 0.1) is 5.41 Å². The zero-order chi connectivity index (χ0) is 32.1. The van der Waals surface area contributed by atoms with Gasteiger partial charge in [-0.25, -0.2) is 0 Å². The van der Waals surface area contributed by atoms with Crippen molar-refractivity contribution in [2.24, 2.45) is 5.41 Å². The van der Waals surface area contributed by atoms with Crippen molar-refractivity contribution in [1.29, 1.82) is 0 Å². The van der Waals surface area contributed by atoms with Crippen LogP contribution in [0.3, 0.4) is 0 Å². The molecule has 0 N–H and O–H groups in total. The van der Waals surface area contributed by atoms with Gasteiger partial charge in [-0.2, -0.15) is 0 Å². The minimum absolute atomic E-state index is 0.142. The van der Waals surface area contributed by atoms with E-state index in [0.717, 1.165) is 35.5 Å². The molecule has 0 saturated heterocycles. The normalized spacial score (nSPS) is 13.6. The highest BCUT2D eigenvalue weighted by Crippen LogP contribution is 2.56. The molecule has 5 nitrogen and oxygen atoms in total. The molecule has 0 fully saturated rings. The monoisotopic (exact) mass is 606 g/mol. The number of rotatable bonds is 13. The molecule has 0 bridgehead atoms. The first-order valence-electron chi connectivity index (χ1n) is 16.0. The molecule has 0 spiro atoms. The van der Waals surface area contributed by atoms with E-state index in [1.807, 2.05) is 32.9 Å². The Bertz CT molecular complexity index is 1530. The molecule has 1 aliphatic carbocycles. The molecule has 0 saturated carbocycles. The van der Waals surface area contributed by atoms with E-state index < -0.39 is 10.8 Å². The predicted octanol–water partition coefficient (Wildman–Crippen LogP) is 8.99. The maximum absolute atomic E-state index is 12.1. The number of benzene rings is 4. The minimum Gasteiger partial charge on any atom is -0.491 e. The van der Waals surface area contributed by atoms with Crippen LogP contribution in [-0.4, -0.2) is 38.0 Å². The van der Waals surface area contributed by atoms with Gasteiger partial charge in [-0.1, -0.05) is 86.1 Å². The average molecular weight is 607 g/mol. The lowest BCUT2D eigenvalue weighted by molar-refractivity contribution is -0.153. The summed E-state index contributed by atoms with van der Waals surface area (Å²) in [6.45, 7) is 13.5. The molecular formula is C40H46O5. The third-order valence-corrected chi connectivity index (χ3v) is 8.42. The molecule has 4 aromatic carbocycles. The van der Waals surface area contributed by atoms with Crippen LogP contribution in [-0.2, 0) is 19.7 Å². The second-order valence-electron chi connectivity index (χ2n) is 13.3. The quantitative estimate of drug-likeness (QED) is 0.0989. The lowest BCUT2D eigenvalue weighted by Gasteiger charge is -2.34. The summed E-state index contributed by atoms with van der Waals surface area (Å²) in [7, 11) is 0. The summed E-state index contributed by atoms with van der Waals surface area (Å²) in [6, 6.07) is 34.2. The van der Waals surface area contributed by atoms with Gasteiger partial charge in [0.15, 0.2) is 0 Å². The van der Waals surface area contributed by atoms with Gasteiger partial charge in [-0.05, 0) is 98.7 Å². The van der Waals surface area contributed by atoms with E-state index in [1.165, 1.54) is 22.3 Å². The Kier molecular flexibility index (Phi) is 9.69. The highest BCUT2D eigenvalue weighted by Gasteiger charge is 2.45. The second-order valence-corrected chi connectivity index (χ2v) is 13.3. The van der Waals surface area contributed by atoms with Crippen molar-refractivity contribution in [2.75, 3.05) is 26.4 Å². The Balaban J connectivity index is 1.41. The van der Waals surface area contributed by atoms with Gasteiger partial charge in [0, 0.05) is 0 Å². The van der Waals surface area contributed by atoms with Crippen molar-refractivity contribution in [2.45, 2.75) is 65.4 Å². The molecule has 5 rings (SSSR count). The first-order chi connectivity index (χ1) is 21.6. The molecule has 4 aromatic rings. The van der Waals surface area contributed by atoms with E-state index in [9.17, 15) is 4.79 Å². The average Bonchev–Trinajstić information content (AvgIpc) is 3.33. The summed E-state index contributed by atoms with van der Waals surface area (Å²) in [4.78, 5) is 12.1. The molecule has 236 valence electrons. The lowest BCUT2D eigenvalue weighted by atomic mass is 9.68. The number of hydrogen-bond donors (Lipinski definition) is 0. The first kappa shape index (κ1) is 32.3. The van der Waals surface area contributed by atoms with Crippen molar-refractivity contribution >= 4 is 5.97 Å². The van der Waals surface area contributed by atoms with Crippen molar-refractivity contribution in [3.05, 3.63) is 119 Å². The van der Waals surface area contributed by atoms with E-state index in [2.05, 4.69) is 106 Å². The van der Waals surface area contributed by atoms with Crippen LogP contribution >= 0.6 is 0 Å². The molecule has 1 aliphatic rings. The number of esters is 1. The van der Waals surface area contributed by atoms with Crippen LogP contribution in [0.15, 0.2) is 97.1 Å². The third kappa shape index (κ3) is 6.94. The Labute approximate surface area is 268 Å². The van der Waals surface area contributed by atoms with E-state index in [0.29, 0.717) is 19.8 Å². The van der Waals surface area contributed by atoms with Gasteiger partial charge in [0.1, 0.15) is 31.3 Å². The molecule has 0 radical (unpaired) electrons. The molecular weight excluding hydrogens is 560 g/mol. The van der Waals surface area contributed by atoms with Crippen molar-refractivity contribution in [3.63, 3.8) is 0 Å². The van der Waals surface area contributed by atoms with E-state index in [1.54, 1.807) is 0 Å². The molecule has 0 unspecified atom stereocenters. The van der Waals surface area contributed by atoms with Gasteiger partial charge in [-0.3, -0.25) is 4.79 Å². The molecule has 0 heterocycles. The minimum atomic E-state index is -0.534. The molecule has 0 amide bonds. The van der Waals surface area contributed by atoms with E-state index in [-0.39, 0.29) is 18.2 Å². The summed E-state index contributed by atoms with van der Waals surface area (Å²) >= 11 is 0. The lowest BCUT2D eigenvalue weighted by Crippen LogP contribution is -2.28. The zero-order valence-electron chi connectivity index (χ0n) is 27.5. The second kappa shape index (κ2) is 13.5. The van der Waals surface area contributed by atoms with Crippen LogP contribution < -0.4 is 9.47 Å². The summed E-state index contributed by atoms with van der Waals surface area (Å²) in [5, 5.41) is 0. The summed E-state index contributed by atoms with van der Waals surface area (Å²) in [5.41, 5.74) is 6.08. The summed E-state index contributed by atoms with van der Waals surface area (Å²) in [5.74, 6) is 1.32. The van der Waals surface area contributed by atoms with Crippen LogP contribution in [0.2, 0.25) is 0 Å². The number of carbonyl (C=O) groups excluding carboxylic acids is 1. The Morgan fingerprint density at radius 1 is 0.622 bits per heavy atom. The van der Waals surface area contributed by atoms with Gasteiger partial charge in [-0.15, -0.1) is 0 Å². The zero-order valence-corrected chi connectivity index (χ0v) is 27.5. The van der Waals surface area contributed by atoms with Crippen molar-refractivity contribution in [3.8, 4) is 22.6 Å². The molecule has 0 atom stereocenters. The number of fused-ring (bicyclic) bond motifs is 3. The maximum atomic E-state index is 12.1. The summed E-state index contributed by atoms with van der Waals surface area (Å²) < 4.78 is 23.5. The molecule has 0 aliphatic heterocycles. The summed E-state index contributed by atoms with van der Waals surface area (Å²) in [6.07, 6.45) is 2.11. The Morgan fingerprint density at radius 3 is 1.56 bits per heavy atom. The molecule has 0 aromatic heterocycles. The van der Waals surface area contributed by atoms with Gasteiger partial charge in [0.2, 0.25) is 0 Å². The Hall–Kier alpha value is -4.09. The number of carbonyl (C=O) groups is 1. The fourth-order valence-corrected chi connectivity index (χ4v) is 6.29. The van der Waals surface area contributed by atoms with Crippen LogP contribution in [0.1, 0.15) is 76.6 Å². The fraction of sp³-hybridized carbons (Fsp3) is 0.375. The van der Waals surface area contributed by atoms with Crippen molar-refractivity contribution < 1.29 is 23.7 Å². The third-order valence-electron chi connectivity index (χ3n) is 8.42. The molecule has 5 heteroatoms.